The Balaban J connectivity index is 2.52. The first kappa shape index (κ1) is 10.0. The van der Waals surface area contributed by atoms with Gasteiger partial charge < -0.3 is 0 Å². The van der Waals surface area contributed by atoms with Crippen LogP contribution in [0.5, 0.6) is 0 Å². The van der Waals surface area contributed by atoms with Gasteiger partial charge in [0, 0.05) is 0 Å². The van der Waals surface area contributed by atoms with E-state index in [-0.39, 0.29) is 5.56 Å². The number of alkyl halides is 3. The third-order valence-electron chi connectivity index (χ3n) is 2.31. The third kappa shape index (κ3) is 1.96. The summed E-state index contributed by atoms with van der Waals surface area (Å²) in [5.41, 5.74) is 0.351. The molecule has 1 aliphatic carbocycles. The predicted octanol–water partition coefficient (Wildman–Crippen LogP) is 4.05. The van der Waals surface area contributed by atoms with Crippen molar-refractivity contribution in [1.29, 1.82) is 0 Å². The van der Waals surface area contributed by atoms with Crippen LogP contribution in [0.25, 0.3) is 5.57 Å². The molecule has 78 valence electrons. The average molecular weight is 210 g/mol. The Morgan fingerprint density at radius 1 is 1.07 bits per heavy atom. The summed E-state index contributed by atoms with van der Waals surface area (Å²) >= 11 is 0. The van der Waals surface area contributed by atoms with Gasteiger partial charge in [-0.25, -0.2) is 0 Å². The second-order valence-electron chi connectivity index (χ2n) is 3.34. The number of halogens is 3. The van der Waals surface area contributed by atoms with Gasteiger partial charge in [-0.05, 0) is 23.6 Å². The monoisotopic (exact) mass is 210 g/mol. The molecule has 15 heavy (non-hydrogen) atoms. The zero-order valence-electron chi connectivity index (χ0n) is 7.88. The van der Waals surface area contributed by atoms with Gasteiger partial charge in [0.1, 0.15) is 0 Å². The van der Waals surface area contributed by atoms with Crippen LogP contribution in [0, 0.1) is 0 Å². The van der Waals surface area contributed by atoms with Gasteiger partial charge in [0.2, 0.25) is 0 Å². The third-order valence-corrected chi connectivity index (χ3v) is 2.31. The molecule has 0 radical (unpaired) electrons. The van der Waals surface area contributed by atoms with Crippen molar-refractivity contribution >= 4 is 5.57 Å². The Morgan fingerprint density at radius 2 is 1.80 bits per heavy atom. The number of hydrogen-bond donors (Lipinski definition) is 0. The van der Waals surface area contributed by atoms with Crippen molar-refractivity contribution < 1.29 is 13.2 Å². The highest BCUT2D eigenvalue weighted by Gasteiger charge is 2.33. The number of benzene rings is 1. The zero-order chi connectivity index (χ0) is 10.9. The first-order chi connectivity index (χ1) is 7.09. The molecular formula is C12H9F3. The summed E-state index contributed by atoms with van der Waals surface area (Å²) in [7, 11) is 0. The highest BCUT2D eigenvalue weighted by Crippen LogP contribution is 2.36. The molecule has 0 nitrogen and oxygen atoms in total. The summed E-state index contributed by atoms with van der Waals surface area (Å²) in [6.45, 7) is 0. The van der Waals surface area contributed by atoms with Crippen LogP contribution in [-0.2, 0) is 6.18 Å². The highest BCUT2D eigenvalue weighted by atomic mass is 19.4. The molecule has 0 spiro atoms. The predicted molar refractivity (Wildman–Crippen MR) is 53.2 cm³/mol. The van der Waals surface area contributed by atoms with Crippen molar-refractivity contribution in [1.82, 2.24) is 0 Å². The summed E-state index contributed by atoms with van der Waals surface area (Å²) in [4.78, 5) is 0. The van der Waals surface area contributed by atoms with E-state index in [1.54, 1.807) is 18.2 Å². The molecule has 0 atom stereocenters. The molecular weight excluding hydrogens is 201 g/mol. The van der Waals surface area contributed by atoms with Crippen LogP contribution >= 0.6 is 0 Å². The molecule has 0 N–H and O–H groups in total. The number of hydrogen-bond acceptors (Lipinski definition) is 0. The van der Waals surface area contributed by atoms with Crippen LogP contribution in [0.3, 0.4) is 0 Å². The molecule has 0 aliphatic heterocycles. The molecule has 0 saturated heterocycles. The van der Waals surface area contributed by atoms with E-state index in [0.29, 0.717) is 12.0 Å². The van der Waals surface area contributed by atoms with E-state index in [1.165, 1.54) is 12.1 Å². The van der Waals surface area contributed by atoms with Gasteiger partial charge in [0.05, 0.1) is 5.56 Å². The summed E-state index contributed by atoms with van der Waals surface area (Å²) in [6, 6.07) is 5.65. The number of allylic oxidation sites excluding steroid dienone is 4. The van der Waals surface area contributed by atoms with Crippen molar-refractivity contribution in [2.75, 3.05) is 0 Å². The Kier molecular flexibility index (Phi) is 2.39. The fourth-order valence-corrected chi connectivity index (χ4v) is 1.64. The Morgan fingerprint density at radius 3 is 2.40 bits per heavy atom. The Labute approximate surface area is 85.7 Å². The largest absolute Gasteiger partial charge is 0.417 e. The summed E-state index contributed by atoms with van der Waals surface area (Å²) in [5, 5.41) is 0. The molecule has 0 amide bonds. The second-order valence-corrected chi connectivity index (χ2v) is 3.34. The van der Waals surface area contributed by atoms with Crippen molar-refractivity contribution in [2.24, 2.45) is 0 Å². The fourth-order valence-electron chi connectivity index (χ4n) is 1.64. The van der Waals surface area contributed by atoms with E-state index in [9.17, 15) is 13.2 Å². The molecule has 0 heterocycles. The molecule has 0 aromatic heterocycles. The lowest BCUT2D eigenvalue weighted by Crippen LogP contribution is -2.07. The SMILES string of the molecule is FC(F)(F)c1ccccc1C1=CCC=C1. The average Bonchev–Trinajstić information content (AvgIpc) is 2.69. The van der Waals surface area contributed by atoms with Crippen LogP contribution < -0.4 is 0 Å². The molecule has 0 fully saturated rings. The maximum Gasteiger partial charge on any atom is 0.417 e. The minimum Gasteiger partial charge on any atom is -0.166 e. The van der Waals surface area contributed by atoms with E-state index in [0.717, 1.165) is 6.07 Å². The fraction of sp³-hybridized carbons (Fsp3) is 0.167. The molecule has 3 heteroatoms. The second kappa shape index (κ2) is 3.57. The minimum absolute atomic E-state index is 0.263. The number of rotatable bonds is 1. The van der Waals surface area contributed by atoms with Crippen molar-refractivity contribution in [3.8, 4) is 0 Å². The lowest BCUT2D eigenvalue weighted by Gasteiger charge is -2.12. The molecule has 1 aromatic rings. The van der Waals surface area contributed by atoms with E-state index in [1.807, 2.05) is 6.08 Å². The van der Waals surface area contributed by atoms with Gasteiger partial charge in [-0.1, -0.05) is 36.4 Å². The van der Waals surface area contributed by atoms with Gasteiger partial charge >= 0.3 is 6.18 Å². The van der Waals surface area contributed by atoms with E-state index in [2.05, 4.69) is 0 Å². The molecule has 2 rings (SSSR count). The summed E-state index contributed by atoms with van der Waals surface area (Å²) < 4.78 is 38.0. The van der Waals surface area contributed by atoms with Crippen LogP contribution in [0.1, 0.15) is 17.5 Å². The van der Waals surface area contributed by atoms with E-state index in [4.69, 9.17) is 0 Å². The first-order valence-electron chi connectivity index (χ1n) is 4.62. The molecule has 0 saturated carbocycles. The Bertz CT molecular complexity index is 425. The van der Waals surface area contributed by atoms with Crippen LogP contribution in [0.4, 0.5) is 13.2 Å². The minimum atomic E-state index is -4.28. The van der Waals surface area contributed by atoms with Gasteiger partial charge in [0.25, 0.3) is 0 Å². The molecule has 1 aromatic carbocycles. The van der Waals surface area contributed by atoms with E-state index < -0.39 is 11.7 Å². The standard InChI is InChI=1S/C12H9F3/c13-12(14,15)11-8-4-3-7-10(11)9-5-1-2-6-9/h1,3-8H,2H2. The van der Waals surface area contributed by atoms with Crippen LogP contribution in [-0.4, -0.2) is 0 Å². The lowest BCUT2D eigenvalue weighted by atomic mass is 10.0. The molecule has 0 unspecified atom stereocenters. The quantitative estimate of drug-likeness (QED) is 0.656. The van der Waals surface area contributed by atoms with E-state index >= 15 is 0 Å². The van der Waals surface area contributed by atoms with Crippen molar-refractivity contribution in [3.63, 3.8) is 0 Å². The first-order valence-corrected chi connectivity index (χ1v) is 4.62. The maximum absolute atomic E-state index is 12.7. The van der Waals surface area contributed by atoms with Crippen LogP contribution in [0.2, 0.25) is 0 Å². The Hall–Kier alpha value is -1.51. The van der Waals surface area contributed by atoms with Crippen LogP contribution in [0.15, 0.2) is 42.5 Å². The maximum atomic E-state index is 12.7. The smallest absolute Gasteiger partial charge is 0.166 e. The van der Waals surface area contributed by atoms with Crippen molar-refractivity contribution in [3.05, 3.63) is 53.6 Å². The lowest BCUT2D eigenvalue weighted by molar-refractivity contribution is -0.137. The normalized spacial score (nSPS) is 15.5. The molecule has 0 bridgehead atoms. The van der Waals surface area contributed by atoms with Gasteiger partial charge in [-0.2, -0.15) is 13.2 Å². The topological polar surface area (TPSA) is 0 Å². The summed E-state index contributed by atoms with van der Waals surface area (Å²) in [6.07, 6.45) is 1.80. The molecule has 1 aliphatic rings. The zero-order valence-corrected chi connectivity index (χ0v) is 7.88. The van der Waals surface area contributed by atoms with Gasteiger partial charge in [0.15, 0.2) is 0 Å². The van der Waals surface area contributed by atoms with Crippen molar-refractivity contribution in [2.45, 2.75) is 12.6 Å². The van der Waals surface area contributed by atoms with Gasteiger partial charge in [-0.15, -0.1) is 0 Å². The highest BCUT2D eigenvalue weighted by molar-refractivity contribution is 5.78. The van der Waals surface area contributed by atoms with Gasteiger partial charge in [-0.3, -0.25) is 0 Å². The summed E-state index contributed by atoms with van der Waals surface area (Å²) in [5.74, 6) is 0.